The van der Waals surface area contributed by atoms with E-state index in [0.29, 0.717) is 18.1 Å². The molecule has 2 aromatic rings. The van der Waals surface area contributed by atoms with Crippen LogP contribution in [0.3, 0.4) is 0 Å². The number of oxime groups is 1. The number of benzene rings is 1. The lowest BCUT2D eigenvalue weighted by atomic mass is 10.2. The van der Waals surface area contributed by atoms with Crippen LogP contribution in [0.15, 0.2) is 56.9 Å². The average Bonchev–Trinajstić information content (AvgIpc) is 2.97. The van der Waals surface area contributed by atoms with Crippen molar-refractivity contribution < 1.29 is 18.8 Å². The molecule has 1 aromatic carbocycles. The normalized spacial score (nSPS) is 14.2. The molecule has 1 aromatic heterocycles. The van der Waals surface area contributed by atoms with Gasteiger partial charge >= 0.3 is 5.91 Å². The molecule has 22 heavy (non-hydrogen) atoms. The van der Waals surface area contributed by atoms with E-state index in [-0.39, 0.29) is 18.7 Å². The maximum absolute atomic E-state index is 11.0. The van der Waals surface area contributed by atoms with E-state index >= 15 is 0 Å². The molecule has 1 amide bonds. The molecule has 0 spiro atoms. The van der Waals surface area contributed by atoms with Gasteiger partial charge in [-0.25, -0.2) is 0 Å². The fourth-order valence-electron chi connectivity index (χ4n) is 2.02. The molecule has 2 heterocycles. The molecule has 112 valence electrons. The zero-order chi connectivity index (χ0) is 15.4. The van der Waals surface area contributed by atoms with Crippen LogP contribution < -0.4 is 0 Å². The van der Waals surface area contributed by atoms with Crippen LogP contribution in [0.4, 0.5) is 0 Å². The lowest BCUT2D eigenvalue weighted by molar-refractivity contribution is -0.112. The van der Waals surface area contributed by atoms with Gasteiger partial charge in [-0.15, -0.1) is 4.91 Å². The Kier molecular flexibility index (Phi) is 4.06. The molecule has 7 heteroatoms. The van der Waals surface area contributed by atoms with E-state index in [0.717, 1.165) is 11.0 Å². The van der Waals surface area contributed by atoms with Crippen LogP contribution in [0.2, 0.25) is 0 Å². The number of para-hydroxylation sites is 1. The first-order valence-electron chi connectivity index (χ1n) is 6.62. The van der Waals surface area contributed by atoms with Crippen LogP contribution in [0.25, 0.3) is 11.0 Å². The first-order chi connectivity index (χ1) is 10.8. The number of ether oxygens (including phenoxy) is 1. The Morgan fingerprint density at radius 3 is 2.91 bits per heavy atom. The zero-order valence-electron chi connectivity index (χ0n) is 11.5. The number of nitrogens with zero attached hydrogens (tertiary/aromatic N) is 2. The van der Waals surface area contributed by atoms with E-state index in [4.69, 9.17) is 14.0 Å². The number of hydrogen-bond donors (Lipinski definition) is 0. The molecule has 0 aliphatic carbocycles. The highest BCUT2D eigenvalue weighted by atomic mass is 16.6. The molecular weight excluding hydrogens is 288 g/mol. The van der Waals surface area contributed by atoms with Crippen molar-refractivity contribution in [2.24, 2.45) is 10.3 Å². The number of amides is 1. The summed E-state index contributed by atoms with van der Waals surface area (Å²) >= 11 is 0. The third-order valence-electron chi connectivity index (χ3n) is 3.09. The molecule has 1 aliphatic rings. The summed E-state index contributed by atoms with van der Waals surface area (Å²) < 4.78 is 11.1. The number of allylic oxidation sites excluding steroid dienone is 1. The number of hydrogen-bond acceptors (Lipinski definition) is 6. The molecule has 0 saturated carbocycles. The number of fused-ring (bicyclic) bond motifs is 1. The van der Waals surface area contributed by atoms with Gasteiger partial charge in [0.05, 0.1) is 0 Å². The first-order valence-corrected chi connectivity index (χ1v) is 6.62. The molecule has 0 unspecified atom stereocenters. The van der Waals surface area contributed by atoms with Crippen molar-refractivity contribution in [1.82, 2.24) is 0 Å². The summed E-state index contributed by atoms with van der Waals surface area (Å²) in [6, 6.07) is 9.61. The third kappa shape index (κ3) is 3.09. The van der Waals surface area contributed by atoms with Crippen LogP contribution in [-0.2, 0) is 21.0 Å². The summed E-state index contributed by atoms with van der Waals surface area (Å²) in [5.74, 6) is 0.263. The number of carbonyl (C=O) groups is 1. The minimum Gasteiger partial charge on any atom is -0.459 e. The third-order valence-corrected chi connectivity index (χ3v) is 3.09. The Labute approximate surface area is 125 Å². The van der Waals surface area contributed by atoms with Gasteiger partial charge in [-0.3, -0.25) is 4.79 Å². The van der Waals surface area contributed by atoms with Crippen LogP contribution in [0.5, 0.6) is 0 Å². The quantitative estimate of drug-likeness (QED) is 0.792. The van der Waals surface area contributed by atoms with E-state index in [1.54, 1.807) is 6.08 Å². The maximum atomic E-state index is 11.0. The van der Waals surface area contributed by atoms with Crippen molar-refractivity contribution in [2.45, 2.75) is 13.0 Å². The molecular formula is C15H12N2O5. The van der Waals surface area contributed by atoms with Gasteiger partial charge < -0.3 is 14.0 Å². The van der Waals surface area contributed by atoms with E-state index in [1.807, 2.05) is 30.3 Å². The van der Waals surface area contributed by atoms with Crippen molar-refractivity contribution in [3.63, 3.8) is 0 Å². The second-order valence-electron chi connectivity index (χ2n) is 4.64. The molecule has 0 bridgehead atoms. The Morgan fingerprint density at radius 2 is 2.18 bits per heavy atom. The van der Waals surface area contributed by atoms with E-state index in [9.17, 15) is 9.70 Å². The summed E-state index contributed by atoms with van der Waals surface area (Å²) in [6.45, 7) is 0.483. The molecule has 0 radical (unpaired) electrons. The van der Waals surface area contributed by atoms with E-state index in [1.165, 1.54) is 0 Å². The van der Waals surface area contributed by atoms with Gasteiger partial charge in [-0.05, 0) is 18.2 Å². The molecule has 0 N–H and O–H groups in total. The topological polar surface area (TPSA) is 90.5 Å². The fourth-order valence-corrected chi connectivity index (χ4v) is 2.02. The molecule has 0 fully saturated rings. The highest BCUT2D eigenvalue weighted by Crippen LogP contribution is 2.19. The monoisotopic (exact) mass is 300 g/mol. The summed E-state index contributed by atoms with van der Waals surface area (Å²) in [4.78, 5) is 26.1. The van der Waals surface area contributed by atoms with Crippen molar-refractivity contribution >= 4 is 22.6 Å². The van der Waals surface area contributed by atoms with E-state index < -0.39 is 5.91 Å². The fraction of sp³-hybridized carbons (Fsp3) is 0.200. The van der Waals surface area contributed by atoms with Gasteiger partial charge in [0.1, 0.15) is 24.6 Å². The minimum absolute atomic E-state index is 0.0176. The summed E-state index contributed by atoms with van der Waals surface area (Å²) in [5.41, 5.74) is 0.791. The van der Waals surface area contributed by atoms with Gasteiger partial charge in [-0.2, -0.15) is 0 Å². The van der Waals surface area contributed by atoms with Gasteiger partial charge in [0.2, 0.25) is 0 Å². The Morgan fingerprint density at radius 1 is 1.32 bits per heavy atom. The predicted octanol–water partition coefficient (Wildman–Crippen LogP) is 2.90. The highest BCUT2D eigenvalue weighted by Gasteiger charge is 2.17. The number of nitroso groups, excluding NO2 is 1. The molecule has 0 saturated heterocycles. The van der Waals surface area contributed by atoms with Crippen molar-refractivity contribution in [3.8, 4) is 0 Å². The van der Waals surface area contributed by atoms with Gasteiger partial charge in [-0.1, -0.05) is 23.4 Å². The van der Waals surface area contributed by atoms with Crippen molar-refractivity contribution in [3.05, 3.63) is 52.8 Å². The van der Waals surface area contributed by atoms with Crippen LogP contribution >= 0.6 is 0 Å². The number of furan rings is 1. The smallest absolute Gasteiger partial charge is 0.334 e. The number of carbonyl (C=O) groups excluding carboxylic acids is 1. The van der Waals surface area contributed by atoms with Gasteiger partial charge in [0, 0.05) is 17.0 Å². The molecule has 1 aliphatic heterocycles. The predicted molar refractivity (Wildman–Crippen MR) is 77.9 cm³/mol. The summed E-state index contributed by atoms with van der Waals surface area (Å²) in [7, 11) is 0. The van der Waals surface area contributed by atoms with Crippen molar-refractivity contribution in [2.75, 3.05) is 6.61 Å². The minimum atomic E-state index is -0.918. The maximum Gasteiger partial charge on any atom is 0.334 e. The lowest BCUT2D eigenvalue weighted by Crippen LogP contribution is -2.15. The van der Waals surface area contributed by atoms with E-state index in [2.05, 4.69) is 10.3 Å². The van der Waals surface area contributed by atoms with Crippen molar-refractivity contribution in [1.29, 1.82) is 0 Å². The SMILES string of the molecule is O=NC(=O)C1=NOC(COCc2cc3ccccc3o2)=CC1. The zero-order valence-corrected chi connectivity index (χ0v) is 11.5. The largest absolute Gasteiger partial charge is 0.459 e. The summed E-state index contributed by atoms with van der Waals surface area (Å²) in [6.07, 6.45) is 1.83. The highest BCUT2D eigenvalue weighted by molar-refractivity contribution is 6.39. The standard InChI is InChI=1S/C15H12N2O5/c18-15(16-19)13-6-5-11(22-17-13)8-20-9-12-7-10-3-1-2-4-14(10)21-12/h1-5,7H,6,8-9H2. The summed E-state index contributed by atoms with van der Waals surface area (Å²) in [5, 5.41) is 6.85. The second-order valence-corrected chi connectivity index (χ2v) is 4.64. The van der Waals surface area contributed by atoms with Crippen LogP contribution in [0.1, 0.15) is 12.2 Å². The lowest BCUT2D eigenvalue weighted by Gasteiger charge is -2.10. The molecule has 3 rings (SSSR count). The van der Waals surface area contributed by atoms with Crippen LogP contribution in [0, 0.1) is 4.91 Å². The first kappa shape index (κ1) is 14.2. The Balaban J connectivity index is 1.51. The van der Waals surface area contributed by atoms with Gasteiger partial charge in [0.25, 0.3) is 0 Å². The van der Waals surface area contributed by atoms with Gasteiger partial charge in [0.15, 0.2) is 11.5 Å². The second kappa shape index (κ2) is 6.31. The number of rotatable bonds is 5. The Hall–Kier alpha value is -2.80. The molecule has 0 atom stereocenters. The Bertz CT molecular complexity index is 742. The molecule has 7 nitrogen and oxygen atoms in total. The average molecular weight is 300 g/mol. The van der Waals surface area contributed by atoms with Crippen LogP contribution in [-0.4, -0.2) is 18.2 Å².